The minimum Gasteiger partial charge on any atom is -0.390 e. The molecule has 0 aromatic carbocycles. The van der Waals surface area contributed by atoms with Gasteiger partial charge in [-0.2, -0.15) is 0 Å². The third kappa shape index (κ3) is 2.83. The molecule has 4 aliphatic carbocycles. The normalized spacial score (nSPS) is 33.2. The Bertz CT molecular complexity index is 938. The molecule has 2 aromatic heterocycles. The second-order valence-electron chi connectivity index (χ2n) is 8.80. The van der Waals surface area contributed by atoms with E-state index in [2.05, 4.69) is 20.6 Å². The first-order chi connectivity index (χ1) is 13.4. The van der Waals surface area contributed by atoms with Crippen LogP contribution < -0.4 is 16.4 Å². The maximum atomic E-state index is 12.7. The number of primary amides is 1. The molecule has 2 heterocycles. The zero-order valence-corrected chi connectivity index (χ0v) is 15.6. The highest BCUT2D eigenvalue weighted by Crippen LogP contribution is 2.56. The Morgan fingerprint density at radius 1 is 1.29 bits per heavy atom. The summed E-state index contributed by atoms with van der Waals surface area (Å²) in [6, 6.07) is 2.12. The van der Waals surface area contributed by atoms with Crippen LogP contribution in [0.25, 0.3) is 11.0 Å². The van der Waals surface area contributed by atoms with E-state index in [0.717, 1.165) is 43.2 Å². The van der Waals surface area contributed by atoms with Crippen LogP contribution in [0.4, 0.5) is 5.69 Å². The average molecular weight is 383 g/mol. The smallest absolute Gasteiger partial charge is 0.255 e. The average Bonchev–Trinajstić information content (AvgIpc) is 3.10. The number of hydrogen-bond donors (Lipinski definition) is 5. The maximum absolute atomic E-state index is 12.7. The summed E-state index contributed by atoms with van der Waals surface area (Å²) < 4.78 is 0. The van der Waals surface area contributed by atoms with Crippen molar-refractivity contribution in [2.24, 2.45) is 23.5 Å². The molecule has 8 nitrogen and oxygen atoms in total. The number of anilines is 1. The standard InChI is InChI=1S/C20H25N5O3/c21-15(26)9-24-19(27)14-8-23-18-13(1-2-22-18)17(14)25-16-11-3-10-4-12(16)7-20(28,5-10)6-11/h1-2,8,10-12,16,28H,3-7,9H2,(H2,21,26)(H,24,27)(H2,22,23,25)/t10?,11?,12?,16-,20+. The highest BCUT2D eigenvalue weighted by atomic mass is 16.3. The van der Waals surface area contributed by atoms with E-state index in [1.807, 2.05) is 6.07 Å². The predicted molar refractivity (Wildman–Crippen MR) is 104 cm³/mol. The van der Waals surface area contributed by atoms with Crippen molar-refractivity contribution < 1.29 is 14.7 Å². The number of hydrogen-bond acceptors (Lipinski definition) is 5. The Hall–Kier alpha value is -2.61. The summed E-state index contributed by atoms with van der Waals surface area (Å²) in [5.74, 6) is 0.454. The van der Waals surface area contributed by atoms with E-state index < -0.39 is 11.5 Å². The Balaban J connectivity index is 1.48. The lowest BCUT2D eigenvalue weighted by Crippen LogP contribution is -2.59. The number of fused-ring (bicyclic) bond motifs is 1. The van der Waals surface area contributed by atoms with Crippen molar-refractivity contribution in [2.45, 2.75) is 43.7 Å². The molecule has 4 aliphatic rings. The van der Waals surface area contributed by atoms with Crippen molar-refractivity contribution >= 4 is 28.5 Å². The predicted octanol–water partition coefficient (Wildman–Crippen LogP) is 1.13. The number of rotatable bonds is 5. The monoisotopic (exact) mass is 383 g/mol. The molecule has 2 atom stereocenters. The molecule has 6 rings (SSSR count). The van der Waals surface area contributed by atoms with Gasteiger partial charge in [-0.3, -0.25) is 9.59 Å². The van der Waals surface area contributed by atoms with Crippen molar-refractivity contribution in [3.8, 4) is 0 Å². The van der Waals surface area contributed by atoms with Gasteiger partial charge in [0.15, 0.2) is 0 Å². The van der Waals surface area contributed by atoms with Crippen molar-refractivity contribution in [3.05, 3.63) is 24.0 Å². The van der Waals surface area contributed by atoms with Crippen LogP contribution >= 0.6 is 0 Å². The molecule has 0 saturated heterocycles. The minimum atomic E-state index is -0.590. The zero-order chi connectivity index (χ0) is 19.5. The first-order valence-electron chi connectivity index (χ1n) is 9.93. The summed E-state index contributed by atoms with van der Waals surface area (Å²) in [6.45, 7) is -0.215. The van der Waals surface area contributed by atoms with Crippen LogP contribution in [0.1, 0.15) is 42.5 Å². The molecular formula is C20H25N5O3. The van der Waals surface area contributed by atoms with E-state index in [1.165, 1.54) is 6.20 Å². The van der Waals surface area contributed by atoms with Gasteiger partial charge >= 0.3 is 0 Å². The summed E-state index contributed by atoms with van der Waals surface area (Å²) in [6.07, 6.45) is 8.16. The first kappa shape index (κ1) is 17.5. The van der Waals surface area contributed by atoms with E-state index in [4.69, 9.17) is 5.73 Å². The molecule has 2 amide bonds. The number of nitrogens with two attached hydrogens (primary N) is 1. The number of amides is 2. The first-order valence-corrected chi connectivity index (χ1v) is 9.93. The van der Waals surface area contributed by atoms with Gasteiger partial charge in [0.25, 0.3) is 5.91 Å². The van der Waals surface area contributed by atoms with Gasteiger partial charge in [0, 0.05) is 23.8 Å². The topological polar surface area (TPSA) is 133 Å². The van der Waals surface area contributed by atoms with Gasteiger partial charge in [0.1, 0.15) is 5.65 Å². The molecule has 4 fully saturated rings. The number of nitrogens with zero attached hydrogens (tertiary/aromatic N) is 1. The fraction of sp³-hybridized carbons (Fsp3) is 0.550. The minimum absolute atomic E-state index is 0.215. The third-order valence-corrected chi connectivity index (χ3v) is 6.81. The second-order valence-corrected chi connectivity index (χ2v) is 8.80. The van der Waals surface area contributed by atoms with Gasteiger partial charge in [-0.15, -0.1) is 0 Å². The van der Waals surface area contributed by atoms with Crippen molar-refractivity contribution in [1.29, 1.82) is 0 Å². The van der Waals surface area contributed by atoms with Crippen LogP contribution in [0.2, 0.25) is 0 Å². The molecule has 0 spiro atoms. The van der Waals surface area contributed by atoms with Crippen LogP contribution in [0.3, 0.4) is 0 Å². The molecule has 2 unspecified atom stereocenters. The zero-order valence-electron chi connectivity index (χ0n) is 15.6. The molecule has 2 aromatic rings. The molecule has 0 aliphatic heterocycles. The molecular weight excluding hydrogens is 358 g/mol. The highest BCUT2D eigenvalue weighted by Gasteiger charge is 2.54. The Morgan fingerprint density at radius 2 is 2.04 bits per heavy atom. The van der Waals surface area contributed by atoms with Crippen LogP contribution in [0.15, 0.2) is 18.5 Å². The summed E-state index contributed by atoms with van der Waals surface area (Å²) in [5, 5.41) is 17.9. The molecule has 4 saturated carbocycles. The maximum Gasteiger partial charge on any atom is 0.255 e. The number of H-pyrrole nitrogens is 1. The fourth-order valence-electron chi connectivity index (χ4n) is 5.98. The lowest BCUT2D eigenvalue weighted by Gasteiger charge is -2.58. The van der Waals surface area contributed by atoms with E-state index in [0.29, 0.717) is 29.0 Å². The van der Waals surface area contributed by atoms with Gasteiger partial charge in [-0.1, -0.05) is 0 Å². The van der Waals surface area contributed by atoms with Gasteiger partial charge in [-0.05, 0) is 55.9 Å². The quantitative estimate of drug-likeness (QED) is 0.528. The number of aliphatic hydroxyl groups is 1. The second kappa shape index (κ2) is 6.20. The number of nitrogens with one attached hydrogen (secondary N) is 3. The SMILES string of the molecule is NC(=O)CNC(=O)c1cnc2[nH]ccc2c1N[C@H]1C2CC3CC1C[C@@](O)(C3)C2. The van der Waals surface area contributed by atoms with Crippen molar-refractivity contribution in [1.82, 2.24) is 15.3 Å². The lowest BCUT2D eigenvalue weighted by molar-refractivity contribution is -0.129. The summed E-state index contributed by atoms with van der Waals surface area (Å²) >= 11 is 0. The van der Waals surface area contributed by atoms with E-state index in [9.17, 15) is 14.7 Å². The molecule has 28 heavy (non-hydrogen) atoms. The third-order valence-electron chi connectivity index (χ3n) is 6.81. The van der Waals surface area contributed by atoms with E-state index >= 15 is 0 Å². The largest absolute Gasteiger partial charge is 0.390 e. The van der Waals surface area contributed by atoms with Crippen molar-refractivity contribution in [2.75, 3.05) is 11.9 Å². The van der Waals surface area contributed by atoms with Gasteiger partial charge in [-0.25, -0.2) is 4.98 Å². The van der Waals surface area contributed by atoms with Crippen molar-refractivity contribution in [3.63, 3.8) is 0 Å². The number of pyridine rings is 1. The molecule has 0 radical (unpaired) electrons. The van der Waals surface area contributed by atoms with Crippen LogP contribution in [-0.2, 0) is 4.79 Å². The number of aromatic nitrogens is 2. The Labute approximate surface area is 162 Å². The molecule has 148 valence electrons. The van der Waals surface area contributed by atoms with Gasteiger partial charge in [0.05, 0.1) is 23.4 Å². The number of carbonyl (C=O) groups is 2. The number of carbonyl (C=O) groups excluding carboxylic acids is 2. The highest BCUT2D eigenvalue weighted by molar-refractivity contribution is 6.07. The van der Waals surface area contributed by atoms with Crippen LogP contribution in [0, 0.1) is 17.8 Å². The van der Waals surface area contributed by atoms with E-state index in [1.54, 1.807) is 6.20 Å². The Kier molecular flexibility index (Phi) is 3.87. The Morgan fingerprint density at radius 3 is 2.71 bits per heavy atom. The molecule has 4 bridgehead atoms. The van der Waals surface area contributed by atoms with Gasteiger partial charge < -0.3 is 26.5 Å². The summed E-state index contributed by atoms with van der Waals surface area (Å²) in [5.41, 5.74) is 6.50. The van der Waals surface area contributed by atoms with Crippen LogP contribution in [-0.4, -0.2) is 45.1 Å². The summed E-state index contributed by atoms with van der Waals surface area (Å²) in [7, 11) is 0. The molecule has 8 heteroatoms. The van der Waals surface area contributed by atoms with E-state index in [-0.39, 0.29) is 18.5 Å². The van der Waals surface area contributed by atoms with Gasteiger partial charge in [0.2, 0.25) is 5.91 Å². The molecule has 6 N–H and O–H groups in total. The fourth-order valence-corrected chi connectivity index (χ4v) is 5.98. The van der Waals surface area contributed by atoms with Crippen LogP contribution in [0.5, 0.6) is 0 Å². The lowest BCUT2D eigenvalue weighted by atomic mass is 9.52. The number of aromatic amines is 1. The summed E-state index contributed by atoms with van der Waals surface area (Å²) in [4.78, 5) is 31.2.